The number of nitrogens with zero attached hydrogens (tertiary/aromatic N) is 4. The first-order chi connectivity index (χ1) is 9.63. The van der Waals surface area contributed by atoms with Gasteiger partial charge < -0.3 is 9.80 Å². The lowest BCUT2D eigenvalue weighted by atomic mass is 10.0. The van der Waals surface area contributed by atoms with Gasteiger partial charge in [0.1, 0.15) is 11.7 Å². The average molecular weight is 386 g/mol. The van der Waals surface area contributed by atoms with E-state index in [9.17, 15) is 4.79 Å². The van der Waals surface area contributed by atoms with Crippen LogP contribution in [-0.2, 0) is 4.79 Å². The van der Waals surface area contributed by atoms with Crippen LogP contribution in [0.2, 0.25) is 0 Å². The molecule has 0 aromatic carbocycles. The van der Waals surface area contributed by atoms with E-state index in [1.165, 1.54) is 12.8 Å². The van der Waals surface area contributed by atoms with Crippen LogP contribution >= 0.6 is 22.6 Å². The largest absolute Gasteiger partial charge is 0.340 e. The Kier molecular flexibility index (Phi) is 3.83. The van der Waals surface area contributed by atoms with E-state index in [0.29, 0.717) is 6.04 Å². The lowest BCUT2D eigenvalue weighted by molar-refractivity contribution is -0.120. The lowest BCUT2D eigenvalue weighted by Gasteiger charge is -2.43. The second-order valence-electron chi connectivity index (χ2n) is 5.51. The molecule has 1 fully saturated rings. The second-order valence-corrected chi connectivity index (χ2v) is 6.48. The zero-order valence-corrected chi connectivity index (χ0v) is 14.0. The van der Waals surface area contributed by atoms with Crippen LogP contribution < -0.4 is 9.80 Å². The van der Waals surface area contributed by atoms with Crippen molar-refractivity contribution >= 4 is 40.0 Å². The van der Waals surface area contributed by atoms with Gasteiger partial charge in [0.05, 0.1) is 6.20 Å². The Bertz CT molecular complexity index is 530. The topological polar surface area (TPSA) is 49.3 Å². The molecule has 1 amide bonds. The third-order valence-corrected chi connectivity index (χ3v) is 4.90. The fraction of sp³-hybridized carbons (Fsp3) is 0.643. The molecule has 3 rings (SSSR count). The second kappa shape index (κ2) is 5.46. The molecule has 2 heterocycles. The van der Waals surface area contributed by atoms with Crippen LogP contribution in [0.15, 0.2) is 6.20 Å². The van der Waals surface area contributed by atoms with E-state index in [4.69, 9.17) is 0 Å². The van der Waals surface area contributed by atoms with E-state index in [2.05, 4.69) is 44.4 Å². The molecule has 0 bridgehead atoms. The molecular formula is C14H19IN4O. The predicted molar refractivity (Wildman–Crippen MR) is 87.0 cm³/mol. The Morgan fingerprint density at radius 3 is 2.75 bits per heavy atom. The number of likely N-dealkylation sites (N-methyl/N-ethyl adjacent to an activating group) is 1. The maximum atomic E-state index is 12.6. The van der Waals surface area contributed by atoms with Crippen LogP contribution in [0.4, 0.5) is 11.5 Å². The highest BCUT2D eigenvalue weighted by Crippen LogP contribution is 2.39. The summed E-state index contributed by atoms with van der Waals surface area (Å²) in [5.74, 6) is 1.10. The molecule has 0 spiro atoms. The van der Waals surface area contributed by atoms with Crippen LogP contribution in [0, 0.1) is 3.83 Å². The average Bonchev–Trinajstić information content (AvgIpc) is 2.96. The van der Waals surface area contributed by atoms with Crippen molar-refractivity contribution < 1.29 is 4.79 Å². The summed E-state index contributed by atoms with van der Waals surface area (Å²) in [4.78, 5) is 25.5. The summed E-state index contributed by atoms with van der Waals surface area (Å²) in [6.07, 6.45) is 7.41. The number of aromatic nitrogens is 2. The fourth-order valence-electron chi connectivity index (χ4n) is 3.36. The number of fused-ring (bicyclic) bond motifs is 1. The molecule has 0 radical (unpaired) electrons. The maximum Gasteiger partial charge on any atom is 0.249 e. The Labute approximate surface area is 132 Å². The van der Waals surface area contributed by atoms with E-state index in [0.717, 1.165) is 34.6 Å². The number of carbonyl (C=O) groups excluding carboxylic acids is 1. The van der Waals surface area contributed by atoms with E-state index < -0.39 is 0 Å². The van der Waals surface area contributed by atoms with Crippen molar-refractivity contribution in [2.24, 2.45) is 0 Å². The maximum absolute atomic E-state index is 12.6. The summed E-state index contributed by atoms with van der Waals surface area (Å²) in [6.45, 7) is 2.08. The van der Waals surface area contributed by atoms with Gasteiger partial charge in [0.15, 0.2) is 9.65 Å². The quantitative estimate of drug-likeness (QED) is 0.579. The SMILES string of the molecule is CC[C@@H]1C(=O)N(C)c2cnc(I)nc2N1C1CCCC1. The zero-order valence-electron chi connectivity index (χ0n) is 11.8. The summed E-state index contributed by atoms with van der Waals surface area (Å²) in [7, 11) is 1.83. The van der Waals surface area contributed by atoms with Crippen molar-refractivity contribution in [3.05, 3.63) is 10.0 Å². The third kappa shape index (κ3) is 2.17. The summed E-state index contributed by atoms with van der Waals surface area (Å²) < 4.78 is 0.738. The molecule has 0 unspecified atom stereocenters. The minimum Gasteiger partial charge on any atom is -0.340 e. The first-order valence-electron chi connectivity index (χ1n) is 7.22. The number of anilines is 2. The molecule has 0 saturated heterocycles. The monoisotopic (exact) mass is 386 g/mol. The Morgan fingerprint density at radius 2 is 2.10 bits per heavy atom. The number of halogens is 1. The molecule has 2 aliphatic rings. The molecule has 108 valence electrons. The molecule has 5 nitrogen and oxygen atoms in total. The minimum absolute atomic E-state index is 0.0821. The van der Waals surface area contributed by atoms with Crippen LogP contribution in [0.1, 0.15) is 39.0 Å². The minimum atomic E-state index is -0.0821. The zero-order chi connectivity index (χ0) is 14.3. The van der Waals surface area contributed by atoms with Gasteiger partial charge in [-0.2, -0.15) is 0 Å². The summed E-state index contributed by atoms with van der Waals surface area (Å²) in [6, 6.07) is 0.364. The lowest BCUT2D eigenvalue weighted by Crippen LogP contribution is -2.55. The number of rotatable bonds is 2. The van der Waals surface area contributed by atoms with Crippen molar-refractivity contribution in [2.75, 3.05) is 16.8 Å². The first-order valence-corrected chi connectivity index (χ1v) is 8.29. The molecule has 0 N–H and O–H groups in total. The van der Waals surface area contributed by atoms with Crippen molar-refractivity contribution in [3.63, 3.8) is 0 Å². The highest BCUT2D eigenvalue weighted by Gasteiger charge is 2.40. The van der Waals surface area contributed by atoms with E-state index in [1.54, 1.807) is 11.1 Å². The Morgan fingerprint density at radius 1 is 1.40 bits per heavy atom. The Hall–Kier alpha value is -0.920. The molecule has 1 aromatic rings. The van der Waals surface area contributed by atoms with Crippen LogP contribution in [0.5, 0.6) is 0 Å². The number of hydrogen-bond donors (Lipinski definition) is 0. The van der Waals surface area contributed by atoms with Crippen molar-refractivity contribution in [3.8, 4) is 0 Å². The molecule has 1 atom stereocenters. The van der Waals surface area contributed by atoms with Gasteiger partial charge in [0, 0.05) is 35.7 Å². The molecule has 20 heavy (non-hydrogen) atoms. The number of carbonyl (C=O) groups is 1. The highest BCUT2D eigenvalue weighted by atomic mass is 127. The van der Waals surface area contributed by atoms with Crippen molar-refractivity contribution in [1.29, 1.82) is 0 Å². The van der Waals surface area contributed by atoms with E-state index in [-0.39, 0.29) is 11.9 Å². The van der Waals surface area contributed by atoms with Gasteiger partial charge in [0.2, 0.25) is 5.91 Å². The standard InChI is InChI=1S/C14H19IN4O/c1-3-10-13(20)18(2)11-8-16-14(15)17-12(11)19(10)9-6-4-5-7-9/h8-10H,3-7H2,1-2H3/t10-/m1/s1. The van der Waals surface area contributed by atoms with Crippen LogP contribution in [-0.4, -0.2) is 35.0 Å². The predicted octanol–water partition coefficient (Wildman–Crippen LogP) is 2.59. The van der Waals surface area contributed by atoms with Crippen molar-refractivity contribution in [2.45, 2.75) is 51.1 Å². The van der Waals surface area contributed by atoms with Gasteiger partial charge in [-0.1, -0.05) is 19.8 Å². The summed E-state index contributed by atoms with van der Waals surface area (Å²) in [5.41, 5.74) is 0.840. The highest BCUT2D eigenvalue weighted by molar-refractivity contribution is 14.1. The van der Waals surface area contributed by atoms with Gasteiger partial charge in [-0.15, -0.1) is 0 Å². The summed E-state index contributed by atoms with van der Waals surface area (Å²) >= 11 is 2.14. The fourth-order valence-corrected chi connectivity index (χ4v) is 3.73. The van der Waals surface area contributed by atoms with Crippen LogP contribution in [0.25, 0.3) is 0 Å². The van der Waals surface area contributed by atoms with Gasteiger partial charge in [-0.05, 0) is 19.3 Å². The van der Waals surface area contributed by atoms with E-state index in [1.807, 2.05) is 7.05 Å². The van der Waals surface area contributed by atoms with Gasteiger partial charge >= 0.3 is 0 Å². The molecule has 1 saturated carbocycles. The normalized spacial score (nSPS) is 23.4. The number of hydrogen-bond acceptors (Lipinski definition) is 4. The third-order valence-electron chi connectivity index (χ3n) is 4.38. The van der Waals surface area contributed by atoms with Gasteiger partial charge in [0.25, 0.3) is 0 Å². The van der Waals surface area contributed by atoms with Gasteiger partial charge in [-0.25, -0.2) is 9.97 Å². The Balaban J connectivity index is 2.11. The molecule has 1 aliphatic carbocycles. The first kappa shape index (κ1) is 14.0. The molecule has 1 aromatic heterocycles. The number of amides is 1. The summed E-state index contributed by atoms with van der Waals surface area (Å²) in [5, 5.41) is 0. The molecule has 6 heteroatoms. The van der Waals surface area contributed by atoms with E-state index >= 15 is 0 Å². The van der Waals surface area contributed by atoms with Crippen LogP contribution in [0.3, 0.4) is 0 Å². The molecule has 1 aliphatic heterocycles. The van der Waals surface area contributed by atoms with Crippen molar-refractivity contribution in [1.82, 2.24) is 9.97 Å². The molecular weight excluding hydrogens is 367 g/mol. The smallest absolute Gasteiger partial charge is 0.249 e. The van der Waals surface area contributed by atoms with Gasteiger partial charge in [-0.3, -0.25) is 4.79 Å².